The molecule has 1 unspecified atom stereocenters. The third-order valence-corrected chi connectivity index (χ3v) is 4.04. The molecule has 0 radical (unpaired) electrons. The largest absolute Gasteiger partial charge is 0.478 e. The Morgan fingerprint density at radius 1 is 1.61 bits per heavy atom. The Hall–Kier alpha value is -1.49. The summed E-state index contributed by atoms with van der Waals surface area (Å²) < 4.78 is 0. The Morgan fingerprint density at radius 3 is 3.06 bits per heavy atom. The zero-order chi connectivity index (χ0) is 13.0. The molecular weight excluding hydrogens is 248 g/mol. The van der Waals surface area contributed by atoms with Crippen molar-refractivity contribution in [3.8, 4) is 0 Å². The van der Waals surface area contributed by atoms with Gasteiger partial charge in [-0.05, 0) is 30.7 Å². The third-order valence-electron chi connectivity index (χ3n) is 2.85. The molecule has 0 bridgehead atoms. The van der Waals surface area contributed by atoms with E-state index in [9.17, 15) is 4.79 Å². The summed E-state index contributed by atoms with van der Waals surface area (Å²) in [5.74, 6) is 2.28. The van der Waals surface area contributed by atoms with Crippen LogP contribution < -0.4 is 4.90 Å². The van der Waals surface area contributed by atoms with Gasteiger partial charge in [0.25, 0.3) is 0 Å². The normalized spacial score (nSPS) is 20.3. The van der Waals surface area contributed by atoms with E-state index in [-0.39, 0.29) is 0 Å². The van der Waals surface area contributed by atoms with E-state index in [1.807, 2.05) is 23.9 Å². The highest BCUT2D eigenvalue weighted by atomic mass is 32.2. The van der Waals surface area contributed by atoms with Crippen LogP contribution in [0.3, 0.4) is 0 Å². The van der Waals surface area contributed by atoms with Gasteiger partial charge < -0.3 is 10.0 Å². The zero-order valence-electron chi connectivity index (χ0n) is 10.2. The number of hydrogen-bond donors (Lipinski definition) is 1. The monoisotopic (exact) mass is 264 g/mol. The maximum Gasteiger partial charge on any atom is 0.328 e. The summed E-state index contributed by atoms with van der Waals surface area (Å²) in [4.78, 5) is 17.1. The van der Waals surface area contributed by atoms with Crippen LogP contribution in [0.4, 0.5) is 5.82 Å². The van der Waals surface area contributed by atoms with Crippen molar-refractivity contribution in [1.82, 2.24) is 4.98 Å². The molecule has 1 atom stereocenters. The SMILES string of the molecule is CC1CSCCN1c1ccc(/C=C/C(=O)O)cn1. The Kier molecular flexibility index (Phi) is 4.25. The quantitative estimate of drug-likeness (QED) is 0.847. The van der Waals surface area contributed by atoms with Gasteiger partial charge in [-0.3, -0.25) is 0 Å². The molecule has 1 aromatic rings. The van der Waals surface area contributed by atoms with Crippen molar-refractivity contribution in [3.05, 3.63) is 30.0 Å². The minimum atomic E-state index is -0.944. The van der Waals surface area contributed by atoms with Gasteiger partial charge in [0, 0.05) is 36.4 Å². The number of carboxylic acid groups (broad SMARTS) is 1. The van der Waals surface area contributed by atoms with Crippen molar-refractivity contribution in [2.45, 2.75) is 13.0 Å². The predicted octanol–water partition coefficient (Wildman–Crippen LogP) is 2.12. The van der Waals surface area contributed by atoms with Gasteiger partial charge in [0.15, 0.2) is 0 Å². The number of carboxylic acids is 1. The van der Waals surface area contributed by atoms with E-state index in [4.69, 9.17) is 5.11 Å². The molecule has 0 aromatic carbocycles. The second-order valence-corrected chi connectivity index (χ2v) is 5.39. The molecule has 2 rings (SSSR count). The van der Waals surface area contributed by atoms with Crippen LogP contribution in [0, 0.1) is 0 Å². The zero-order valence-corrected chi connectivity index (χ0v) is 11.1. The minimum Gasteiger partial charge on any atom is -0.478 e. The van der Waals surface area contributed by atoms with Gasteiger partial charge in [0.1, 0.15) is 5.82 Å². The Balaban J connectivity index is 2.09. The number of anilines is 1. The summed E-state index contributed by atoms with van der Waals surface area (Å²) in [7, 11) is 0. The molecule has 0 saturated carbocycles. The van der Waals surface area contributed by atoms with Crippen LogP contribution in [0.5, 0.6) is 0 Å². The first kappa shape index (κ1) is 13.0. The lowest BCUT2D eigenvalue weighted by Crippen LogP contribution is -2.40. The van der Waals surface area contributed by atoms with Gasteiger partial charge in [0.05, 0.1) is 0 Å². The fourth-order valence-electron chi connectivity index (χ4n) is 1.90. The summed E-state index contributed by atoms with van der Waals surface area (Å²) in [5, 5.41) is 8.55. The van der Waals surface area contributed by atoms with E-state index in [2.05, 4.69) is 16.8 Å². The molecule has 5 heteroatoms. The Bertz CT molecular complexity index is 445. The highest BCUT2D eigenvalue weighted by molar-refractivity contribution is 7.99. The fourth-order valence-corrected chi connectivity index (χ4v) is 2.91. The predicted molar refractivity (Wildman–Crippen MR) is 75.0 cm³/mol. The van der Waals surface area contributed by atoms with Crippen LogP contribution in [-0.2, 0) is 4.79 Å². The average molecular weight is 264 g/mol. The van der Waals surface area contributed by atoms with Crippen molar-refractivity contribution in [2.24, 2.45) is 0 Å². The highest BCUT2D eigenvalue weighted by Gasteiger charge is 2.19. The molecule has 0 amide bonds. The average Bonchev–Trinajstić information content (AvgIpc) is 2.38. The van der Waals surface area contributed by atoms with Crippen LogP contribution in [-0.4, -0.2) is 40.2 Å². The highest BCUT2D eigenvalue weighted by Crippen LogP contribution is 2.22. The minimum absolute atomic E-state index is 0.497. The molecule has 1 fully saturated rings. The molecule has 18 heavy (non-hydrogen) atoms. The molecule has 1 saturated heterocycles. The van der Waals surface area contributed by atoms with E-state index in [1.54, 1.807) is 12.3 Å². The standard InChI is InChI=1S/C13H16N2O2S/c1-10-9-18-7-6-15(10)12-4-2-11(8-14-12)3-5-13(16)17/h2-5,8,10H,6-7,9H2,1H3,(H,16,17)/b5-3+. The van der Waals surface area contributed by atoms with E-state index in [1.165, 1.54) is 0 Å². The van der Waals surface area contributed by atoms with Gasteiger partial charge in [0.2, 0.25) is 0 Å². The lowest BCUT2D eigenvalue weighted by atomic mass is 10.2. The van der Waals surface area contributed by atoms with Crippen molar-refractivity contribution in [3.63, 3.8) is 0 Å². The topological polar surface area (TPSA) is 53.4 Å². The van der Waals surface area contributed by atoms with Gasteiger partial charge in [-0.25, -0.2) is 9.78 Å². The van der Waals surface area contributed by atoms with E-state index in [0.29, 0.717) is 6.04 Å². The van der Waals surface area contributed by atoms with Gasteiger partial charge >= 0.3 is 5.97 Å². The number of pyridine rings is 1. The van der Waals surface area contributed by atoms with Crippen molar-refractivity contribution in [1.29, 1.82) is 0 Å². The number of hydrogen-bond acceptors (Lipinski definition) is 4. The first-order valence-electron chi connectivity index (χ1n) is 5.88. The second-order valence-electron chi connectivity index (χ2n) is 4.24. The Labute approximate surface area is 111 Å². The van der Waals surface area contributed by atoms with Crippen LogP contribution in [0.25, 0.3) is 6.08 Å². The maximum absolute atomic E-state index is 10.4. The van der Waals surface area contributed by atoms with Crippen LogP contribution >= 0.6 is 11.8 Å². The number of rotatable bonds is 3. The van der Waals surface area contributed by atoms with Crippen LogP contribution in [0.1, 0.15) is 12.5 Å². The summed E-state index contributed by atoms with van der Waals surface area (Å²) in [6.45, 7) is 3.22. The number of aliphatic carboxylic acids is 1. The summed E-state index contributed by atoms with van der Waals surface area (Å²) in [5.41, 5.74) is 0.806. The van der Waals surface area contributed by atoms with Crippen molar-refractivity contribution < 1.29 is 9.90 Å². The van der Waals surface area contributed by atoms with Gasteiger partial charge in [-0.2, -0.15) is 11.8 Å². The molecule has 1 aliphatic heterocycles. The third kappa shape index (κ3) is 3.26. The van der Waals surface area contributed by atoms with E-state index >= 15 is 0 Å². The van der Waals surface area contributed by atoms with E-state index < -0.39 is 5.97 Å². The second kappa shape index (κ2) is 5.91. The van der Waals surface area contributed by atoms with Crippen molar-refractivity contribution in [2.75, 3.05) is 23.0 Å². The summed E-state index contributed by atoms with van der Waals surface area (Å²) in [6.07, 6.45) is 4.38. The molecule has 4 nitrogen and oxygen atoms in total. The number of thioether (sulfide) groups is 1. The molecular formula is C13H16N2O2S. The molecule has 1 N–H and O–H groups in total. The van der Waals surface area contributed by atoms with Gasteiger partial charge in [-0.1, -0.05) is 0 Å². The summed E-state index contributed by atoms with van der Waals surface area (Å²) in [6, 6.07) is 4.35. The molecule has 0 spiro atoms. The molecule has 0 aliphatic carbocycles. The molecule has 96 valence electrons. The Morgan fingerprint density at radius 2 is 2.44 bits per heavy atom. The smallest absolute Gasteiger partial charge is 0.328 e. The molecule has 1 aromatic heterocycles. The number of aromatic nitrogens is 1. The lowest BCUT2D eigenvalue weighted by molar-refractivity contribution is -0.131. The maximum atomic E-state index is 10.4. The van der Waals surface area contributed by atoms with Crippen LogP contribution in [0.2, 0.25) is 0 Å². The summed E-state index contributed by atoms with van der Waals surface area (Å²) >= 11 is 1.97. The number of nitrogens with zero attached hydrogens (tertiary/aromatic N) is 2. The molecule has 2 heterocycles. The van der Waals surface area contributed by atoms with Crippen molar-refractivity contribution >= 4 is 29.6 Å². The first-order valence-corrected chi connectivity index (χ1v) is 7.04. The fraction of sp³-hybridized carbons (Fsp3) is 0.385. The first-order chi connectivity index (χ1) is 8.66. The van der Waals surface area contributed by atoms with E-state index in [0.717, 1.165) is 35.5 Å². The van der Waals surface area contributed by atoms with Gasteiger partial charge in [-0.15, -0.1) is 0 Å². The molecule has 1 aliphatic rings. The lowest BCUT2D eigenvalue weighted by Gasteiger charge is -2.34. The number of carbonyl (C=O) groups is 1. The van der Waals surface area contributed by atoms with Crippen LogP contribution in [0.15, 0.2) is 24.4 Å².